The van der Waals surface area contributed by atoms with E-state index in [0.29, 0.717) is 0 Å². The first-order valence-electron chi connectivity index (χ1n) is 10.00. The van der Waals surface area contributed by atoms with Crippen molar-refractivity contribution in [1.29, 1.82) is 5.26 Å². The monoisotopic (exact) mass is 449 g/mol. The summed E-state index contributed by atoms with van der Waals surface area (Å²) >= 11 is 5.78. The summed E-state index contributed by atoms with van der Waals surface area (Å²) in [6.45, 7) is -0.104. The molecular formula is C24H20ClN3O4. The first-order valence-corrected chi connectivity index (χ1v) is 10.4. The van der Waals surface area contributed by atoms with Crippen molar-refractivity contribution in [2.45, 2.75) is 18.1 Å². The van der Waals surface area contributed by atoms with E-state index in [4.69, 9.17) is 21.6 Å². The van der Waals surface area contributed by atoms with E-state index in [1.807, 2.05) is 42.5 Å². The van der Waals surface area contributed by atoms with Crippen LogP contribution >= 0.6 is 11.6 Å². The minimum Gasteiger partial charge on any atom is -0.449 e. The average molecular weight is 450 g/mol. The molecule has 0 spiro atoms. The number of nitrogens with zero attached hydrogens (tertiary/aromatic N) is 2. The number of hydrogen-bond donors (Lipinski definition) is 3. The number of aliphatic hydroxyl groups is 2. The van der Waals surface area contributed by atoms with E-state index in [9.17, 15) is 15.0 Å². The molecule has 2 atom stereocenters. The Hall–Kier alpha value is -3.44. The molecule has 7 nitrogen and oxygen atoms in total. The van der Waals surface area contributed by atoms with Crippen LogP contribution < -0.4 is 5.32 Å². The number of aromatic nitrogens is 1. The van der Waals surface area contributed by atoms with Gasteiger partial charge in [0.05, 0.1) is 5.56 Å². The number of nitriles is 1. The van der Waals surface area contributed by atoms with Crippen LogP contribution in [0.3, 0.4) is 0 Å². The van der Waals surface area contributed by atoms with Gasteiger partial charge in [0.25, 0.3) is 0 Å². The maximum absolute atomic E-state index is 12.2. The molecule has 2 unspecified atom stereocenters. The summed E-state index contributed by atoms with van der Waals surface area (Å²) in [5, 5.41) is 32.0. The van der Waals surface area contributed by atoms with E-state index in [-0.39, 0.29) is 35.3 Å². The second kappa shape index (κ2) is 9.37. The summed E-state index contributed by atoms with van der Waals surface area (Å²) in [5.74, 6) is -0.0757. The zero-order valence-electron chi connectivity index (χ0n) is 16.9. The van der Waals surface area contributed by atoms with Crippen molar-refractivity contribution in [3.05, 3.63) is 88.2 Å². The van der Waals surface area contributed by atoms with Crippen molar-refractivity contribution < 1.29 is 19.7 Å². The molecule has 4 rings (SSSR count). The Labute approximate surface area is 189 Å². The van der Waals surface area contributed by atoms with Crippen molar-refractivity contribution in [3.63, 3.8) is 0 Å². The number of nitrogens with one attached hydrogen (secondary N) is 1. The van der Waals surface area contributed by atoms with Crippen LogP contribution in [0.5, 0.6) is 0 Å². The fourth-order valence-electron chi connectivity index (χ4n) is 3.88. The smallest absolute Gasteiger partial charge is 0.407 e. The highest BCUT2D eigenvalue weighted by molar-refractivity contribution is 6.30. The molecule has 32 heavy (non-hydrogen) atoms. The summed E-state index contributed by atoms with van der Waals surface area (Å²) in [5.41, 5.74) is 4.75. The number of alkyl carbamates (subject to hydrolysis) is 1. The molecule has 0 saturated heterocycles. The van der Waals surface area contributed by atoms with Crippen LogP contribution in [0.2, 0.25) is 5.15 Å². The van der Waals surface area contributed by atoms with Crippen molar-refractivity contribution in [1.82, 2.24) is 10.3 Å². The second-order valence-corrected chi connectivity index (χ2v) is 7.80. The maximum Gasteiger partial charge on any atom is 0.407 e. The van der Waals surface area contributed by atoms with Crippen molar-refractivity contribution in [2.75, 3.05) is 13.2 Å². The Kier molecular flexibility index (Phi) is 6.37. The minimum atomic E-state index is -1.36. The largest absolute Gasteiger partial charge is 0.449 e. The third-order valence-corrected chi connectivity index (χ3v) is 5.79. The first-order chi connectivity index (χ1) is 15.5. The quantitative estimate of drug-likeness (QED) is 0.496. The highest BCUT2D eigenvalue weighted by atomic mass is 35.5. The second-order valence-electron chi connectivity index (χ2n) is 7.44. The molecule has 0 aliphatic heterocycles. The van der Waals surface area contributed by atoms with Crippen LogP contribution in [0.4, 0.5) is 4.79 Å². The molecule has 0 saturated carbocycles. The lowest BCUT2D eigenvalue weighted by Gasteiger charge is -2.19. The average Bonchev–Trinajstić information content (AvgIpc) is 3.14. The predicted molar refractivity (Wildman–Crippen MR) is 118 cm³/mol. The molecule has 1 amide bonds. The van der Waals surface area contributed by atoms with Crippen LogP contribution in [0.1, 0.15) is 34.3 Å². The summed E-state index contributed by atoms with van der Waals surface area (Å²) in [7, 11) is 0. The first kappa shape index (κ1) is 21.8. The van der Waals surface area contributed by atoms with E-state index in [1.165, 1.54) is 12.3 Å². The van der Waals surface area contributed by atoms with Gasteiger partial charge in [0, 0.05) is 24.2 Å². The fourth-order valence-corrected chi connectivity index (χ4v) is 4.02. The SMILES string of the molecule is N#Cc1cc(C(O)C(O)CNC(=O)OCC2c3ccccc3-c3ccccc32)cnc1Cl. The van der Waals surface area contributed by atoms with E-state index < -0.39 is 18.3 Å². The standard InChI is InChI=1S/C24H20ClN3O4/c25-23-14(10-26)9-15(11-27-23)22(30)21(29)12-28-24(31)32-13-20-18-7-3-1-5-16(18)17-6-2-4-8-19(17)20/h1-9,11,20-22,29-30H,12-13H2,(H,28,31). The lowest BCUT2D eigenvalue weighted by Crippen LogP contribution is -2.36. The maximum atomic E-state index is 12.2. The highest BCUT2D eigenvalue weighted by Crippen LogP contribution is 2.44. The number of carbonyl (C=O) groups excluding carboxylic acids is 1. The van der Waals surface area contributed by atoms with Gasteiger partial charge >= 0.3 is 6.09 Å². The van der Waals surface area contributed by atoms with Gasteiger partial charge in [-0.25, -0.2) is 9.78 Å². The van der Waals surface area contributed by atoms with Gasteiger partial charge in [-0.3, -0.25) is 0 Å². The van der Waals surface area contributed by atoms with E-state index in [2.05, 4.69) is 22.4 Å². The predicted octanol–water partition coefficient (Wildman–Crippen LogP) is 3.54. The van der Waals surface area contributed by atoms with Crippen molar-refractivity contribution >= 4 is 17.7 Å². The van der Waals surface area contributed by atoms with Crippen LogP contribution in [-0.2, 0) is 4.74 Å². The van der Waals surface area contributed by atoms with Crippen LogP contribution in [0.15, 0.2) is 60.8 Å². The number of halogens is 1. The van der Waals surface area contributed by atoms with Gasteiger partial charge in [0.15, 0.2) is 0 Å². The molecule has 3 aromatic rings. The molecule has 0 fully saturated rings. The Morgan fingerprint density at radius 1 is 1.16 bits per heavy atom. The van der Waals surface area contributed by atoms with Gasteiger partial charge in [-0.2, -0.15) is 5.26 Å². The van der Waals surface area contributed by atoms with Crippen molar-refractivity contribution in [3.8, 4) is 17.2 Å². The molecule has 0 radical (unpaired) electrons. The van der Waals surface area contributed by atoms with Gasteiger partial charge in [-0.15, -0.1) is 0 Å². The minimum absolute atomic E-state index is 0.00898. The molecule has 3 N–H and O–H groups in total. The number of fused-ring (bicyclic) bond motifs is 3. The third kappa shape index (κ3) is 4.30. The molecule has 0 bridgehead atoms. The summed E-state index contributed by atoms with van der Waals surface area (Å²) < 4.78 is 5.41. The van der Waals surface area contributed by atoms with Crippen LogP contribution in [-0.4, -0.2) is 40.5 Å². The number of benzene rings is 2. The van der Waals surface area contributed by atoms with Gasteiger partial charge in [0.2, 0.25) is 0 Å². The molecule has 1 aliphatic carbocycles. The topological polar surface area (TPSA) is 115 Å². The van der Waals surface area contributed by atoms with Gasteiger partial charge in [-0.1, -0.05) is 60.1 Å². The number of hydrogen-bond acceptors (Lipinski definition) is 6. The Balaban J connectivity index is 1.34. The van der Waals surface area contributed by atoms with Gasteiger partial charge < -0.3 is 20.3 Å². The highest BCUT2D eigenvalue weighted by Gasteiger charge is 2.29. The number of ether oxygens (including phenoxy) is 1. The zero-order valence-corrected chi connectivity index (χ0v) is 17.7. The Bertz CT molecular complexity index is 1150. The Morgan fingerprint density at radius 2 is 1.78 bits per heavy atom. The lowest BCUT2D eigenvalue weighted by atomic mass is 9.98. The third-order valence-electron chi connectivity index (χ3n) is 5.49. The number of rotatable bonds is 6. The Morgan fingerprint density at radius 3 is 2.41 bits per heavy atom. The molecule has 8 heteroatoms. The lowest BCUT2D eigenvalue weighted by molar-refractivity contribution is 0.0183. The molecule has 162 valence electrons. The molecule has 2 aromatic carbocycles. The van der Waals surface area contributed by atoms with Gasteiger partial charge in [-0.05, 0) is 28.3 Å². The number of carbonyl (C=O) groups is 1. The molecule has 1 aromatic heterocycles. The van der Waals surface area contributed by atoms with E-state index in [0.717, 1.165) is 22.3 Å². The molecule has 1 aliphatic rings. The fraction of sp³-hybridized carbons (Fsp3) is 0.208. The molecule has 1 heterocycles. The van der Waals surface area contributed by atoms with Crippen LogP contribution in [0.25, 0.3) is 11.1 Å². The summed E-state index contributed by atoms with van der Waals surface area (Å²) in [6.07, 6.45) is -2.12. The van der Waals surface area contributed by atoms with E-state index >= 15 is 0 Å². The number of aliphatic hydroxyl groups excluding tert-OH is 2. The zero-order chi connectivity index (χ0) is 22.7. The molecular weight excluding hydrogens is 430 g/mol. The van der Waals surface area contributed by atoms with Crippen LogP contribution in [0, 0.1) is 11.3 Å². The normalized spacial score (nSPS) is 14.1. The number of pyridine rings is 1. The van der Waals surface area contributed by atoms with E-state index in [1.54, 1.807) is 0 Å². The van der Waals surface area contributed by atoms with Gasteiger partial charge in [0.1, 0.15) is 30.0 Å². The number of amides is 1. The summed E-state index contributed by atoms with van der Waals surface area (Å²) in [6, 6.07) is 19.2. The summed E-state index contributed by atoms with van der Waals surface area (Å²) in [4.78, 5) is 16.1. The van der Waals surface area contributed by atoms with Crippen molar-refractivity contribution in [2.24, 2.45) is 0 Å².